The number of hydrogen-bond acceptors (Lipinski definition) is 6. The summed E-state index contributed by atoms with van der Waals surface area (Å²) in [5.74, 6) is 1.12. The van der Waals surface area contributed by atoms with Crippen LogP contribution in [0, 0.1) is 0 Å². The first-order chi connectivity index (χ1) is 9.06. The summed E-state index contributed by atoms with van der Waals surface area (Å²) in [6.07, 6.45) is 2.60. The van der Waals surface area contributed by atoms with Crippen LogP contribution in [-0.4, -0.2) is 42.9 Å². The highest BCUT2D eigenvalue weighted by molar-refractivity contribution is 5.67. The molecular weight excluding hydrogens is 244 g/mol. The molecule has 6 nitrogen and oxygen atoms in total. The second kappa shape index (κ2) is 7.78. The van der Waals surface area contributed by atoms with Crippen molar-refractivity contribution in [2.24, 2.45) is 0 Å². The van der Waals surface area contributed by atoms with Gasteiger partial charge in [-0.1, -0.05) is 6.92 Å². The fourth-order valence-electron chi connectivity index (χ4n) is 1.52. The van der Waals surface area contributed by atoms with Gasteiger partial charge in [-0.05, 0) is 20.3 Å². The first kappa shape index (κ1) is 15.5. The lowest BCUT2D eigenvalue weighted by Gasteiger charge is -2.21. The molecule has 1 aromatic rings. The molecule has 0 aliphatic rings. The van der Waals surface area contributed by atoms with Crippen molar-refractivity contribution in [2.75, 3.05) is 37.4 Å². The number of aromatic nitrogens is 2. The summed E-state index contributed by atoms with van der Waals surface area (Å²) in [5.41, 5.74) is 6.50. The van der Waals surface area contributed by atoms with Gasteiger partial charge in [0.05, 0.1) is 19.3 Å². The molecule has 0 bridgehead atoms. The standard InChI is InChI=1S/C13H24N4O2/c1-5-7-19-13-11(14)12(15-9-16-13)17(4)6-8-18-10(2)3/h9-10H,5-8,14H2,1-4H3. The Morgan fingerprint density at radius 3 is 2.68 bits per heavy atom. The van der Waals surface area contributed by atoms with E-state index in [0.29, 0.717) is 37.1 Å². The van der Waals surface area contributed by atoms with Gasteiger partial charge in [-0.15, -0.1) is 0 Å². The van der Waals surface area contributed by atoms with E-state index >= 15 is 0 Å². The number of hydrogen-bond donors (Lipinski definition) is 1. The molecular formula is C13H24N4O2. The number of anilines is 2. The molecule has 0 radical (unpaired) electrons. The van der Waals surface area contributed by atoms with Crippen molar-refractivity contribution in [3.63, 3.8) is 0 Å². The fourth-order valence-corrected chi connectivity index (χ4v) is 1.52. The topological polar surface area (TPSA) is 73.5 Å². The van der Waals surface area contributed by atoms with Gasteiger partial charge in [-0.25, -0.2) is 4.98 Å². The Morgan fingerprint density at radius 2 is 2.05 bits per heavy atom. The van der Waals surface area contributed by atoms with Crippen molar-refractivity contribution in [3.05, 3.63) is 6.33 Å². The molecule has 0 amide bonds. The average Bonchev–Trinajstić information content (AvgIpc) is 2.37. The average molecular weight is 268 g/mol. The van der Waals surface area contributed by atoms with Crippen LogP contribution in [0.4, 0.5) is 11.5 Å². The summed E-state index contributed by atoms with van der Waals surface area (Å²) in [6.45, 7) is 8.00. The van der Waals surface area contributed by atoms with E-state index in [9.17, 15) is 0 Å². The molecule has 0 fully saturated rings. The third-order valence-corrected chi connectivity index (χ3v) is 2.51. The quantitative estimate of drug-likeness (QED) is 0.773. The normalized spacial score (nSPS) is 10.8. The van der Waals surface area contributed by atoms with Crippen molar-refractivity contribution in [2.45, 2.75) is 33.3 Å². The van der Waals surface area contributed by atoms with Crippen molar-refractivity contribution >= 4 is 11.5 Å². The van der Waals surface area contributed by atoms with Crippen molar-refractivity contribution in [1.82, 2.24) is 9.97 Å². The number of nitrogen functional groups attached to an aromatic ring is 1. The highest BCUT2D eigenvalue weighted by atomic mass is 16.5. The third-order valence-electron chi connectivity index (χ3n) is 2.51. The van der Waals surface area contributed by atoms with Crippen LogP contribution >= 0.6 is 0 Å². The lowest BCUT2D eigenvalue weighted by atomic mass is 10.4. The van der Waals surface area contributed by atoms with Crippen molar-refractivity contribution in [3.8, 4) is 5.88 Å². The van der Waals surface area contributed by atoms with E-state index in [1.807, 2.05) is 32.7 Å². The minimum atomic E-state index is 0.222. The third kappa shape index (κ3) is 4.90. The summed E-state index contributed by atoms with van der Waals surface area (Å²) in [7, 11) is 1.92. The summed E-state index contributed by atoms with van der Waals surface area (Å²) >= 11 is 0. The van der Waals surface area contributed by atoms with Crippen LogP contribution < -0.4 is 15.4 Å². The highest BCUT2D eigenvalue weighted by Crippen LogP contribution is 2.26. The van der Waals surface area contributed by atoms with Crippen LogP contribution in [0.3, 0.4) is 0 Å². The zero-order valence-electron chi connectivity index (χ0n) is 12.2. The Bertz CT molecular complexity index is 385. The van der Waals surface area contributed by atoms with Crippen molar-refractivity contribution in [1.29, 1.82) is 0 Å². The van der Waals surface area contributed by atoms with Crippen LogP contribution in [0.1, 0.15) is 27.2 Å². The van der Waals surface area contributed by atoms with E-state index in [-0.39, 0.29) is 6.10 Å². The Labute approximate surface area is 114 Å². The van der Waals surface area contributed by atoms with Crippen LogP contribution in [-0.2, 0) is 4.74 Å². The minimum Gasteiger partial charge on any atom is -0.476 e. The van der Waals surface area contributed by atoms with E-state index in [2.05, 4.69) is 9.97 Å². The maximum atomic E-state index is 6.02. The number of nitrogens with two attached hydrogens (primary N) is 1. The molecule has 6 heteroatoms. The Morgan fingerprint density at radius 1 is 1.32 bits per heavy atom. The number of nitrogens with zero attached hydrogens (tertiary/aromatic N) is 3. The Balaban J connectivity index is 2.65. The fraction of sp³-hybridized carbons (Fsp3) is 0.692. The monoisotopic (exact) mass is 268 g/mol. The van der Waals surface area contributed by atoms with Gasteiger partial charge in [0, 0.05) is 13.6 Å². The van der Waals surface area contributed by atoms with E-state index in [0.717, 1.165) is 6.42 Å². The Hall–Kier alpha value is -1.56. The van der Waals surface area contributed by atoms with Gasteiger partial charge >= 0.3 is 0 Å². The molecule has 0 saturated carbocycles. The van der Waals surface area contributed by atoms with Gasteiger partial charge in [-0.3, -0.25) is 0 Å². The van der Waals surface area contributed by atoms with Gasteiger partial charge in [0.25, 0.3) is 0 Å². The number of rotatable bonds is 8. The number of likely N-dealkylation sites (N-methyl/N-ethyl adjacent to an activating group) is 1. The zero-order valence-corrected chi connectivity index (χ0v) is 12.2. The molecule has 0 aromatic carbocycles. The summed E-state index contributed by atoms with van der Waals surface area (Å²) in [6, 6.07) is 0. The molecule has 0 saturated heterocycles. The molecule has 0 aliphatic heterocycles. The van der Waals surface area contributed by atoms with Gasteiger partial charge < -0.3 is 20.1 Å². The van der Waals surface area contributed by atoms with Crippen LogP contribution in [0.25, 0.3) is 0 Å². The summed E-state index contributed by atoms with van der Waals surface area (Å²) in [5, 5.41) is 0. The van der Waals surface area contributed by atoms with Gasteiger partial charge in [-0.2, -0.15) is 4.98 Å². The molecule has 0 spiro atoms. The lowest BCUT2D eigenvalue weighted by molar-refractivity contribution is 0.0845. The summed E-state index contributed by atoms with van der Waals surface area (Å²) in [4.78, 5) is 10.2. The predicted octanol–water partition coefficient (Wildman–Crippen LogP) is 1.71. The maximum absolute atomic E-state index is 6.02. The van der Waals surface area contributed by atoms with Crippen LogP contribution in [0.2, 0.25) is 0 Å². The minimum absolute atomic E-state index is 0.222. The molecule has 2 N–H and O–H groups in total. The largest absolute Gasteiger partial charge is 0.476 e. The predicted molar refractivity (Wildman–Crippen MR) is 76.6 cm³/mol. The van der Waals surface area contributed by atoms with E-state index in [1.54, 1.807) is 0 Å². The van der Waals surface area contributed by atoms with Crippen LogP contribution in [0.15, 0.2) is 6.33 Å². The highest BCUT2D eigenvalue weighted by Gasteiger charge is 2.13. The first-order valence-electron chi connectivity index (χ1n) is 6.62. The molecule has 0 atom stereocenters. The van der Waals surface area contributed by atoms with E-state index < -0.39 is 0 Å². The zero-order chi connectivity index (χ0) is 14.3. The maximum Gasteiger partial charge on any atom is 0.242 e. The van der Waals surface area contributed by atoms with E-state index in [1.165, 1.54) is 6.33 Å². The smallest absolute Gasteiger partial charge is 0.242 e. The first-order valence-corrected chi connectivity index (χ1v) is 6.62. The summed E-state index contributed by atoms with van der Waals surface area (Å²) < 4.78 is 11.0. The van der Waals surface area contributed by atoms with Crippen LogP contribution in [0.5, 0.6) is 5.88 Å². The van der Waals surface area contributed by atoms with Gasteiger partial charge in [0.2, 0.25) is 5.88 Å². The van der Waals surface area contributed by atoms with Gasteiger partial charge in [0.1, 0.15) is 12.0 Å². The molecule has 0 unspecified atom stereocenters. The second-order valence-electron chi connectivity index (χ2n) is 4.61. The molecule has 19 heavy (non-hydrogen) atoms. The lowest BCUT2D eigenvalue weighted by Crippen LogP contribution is -2.26. The molecule has 0 aliphatic carbocycles. The van der Waals surface area contributed by atoms with Gasteiger partial charge in [0.15, 0.2) is 5.82 Å². The SMILES string of the molecule is CCCOc1ncnc(N(C)CCOC(C)C)c1N. The second-order valence-corrected chi connectivity index (χ2v) is 4.61. The molecule has 1 rings (SSSR count). The molecule has 108 valence electrons. The van der Waals surface area contributed by atoms with Crippen molar-refractivity contribution < 1.29 is 9.47 Å². The van der Waals surface area contributed by atoms with E-state index in [4.69, 9.17) is 15.2 Å². The Kier molecular flexibility index (Phi) is 6.35. The molecule has 1 aromatic heterocycles. The molecule has 1 heterocycles. The number of ether oxygens (including phenoxy) is 2.